The molecule has 1 N–H and O–H groups in total. The highest BCUT2D eigenvalue weighted by atomic mass is 16.7. The van der Waals surface area contributed by atoms with E-state index in [2.05, 4.69) is 0 Å². The Morgan fingerprint density at radius 2 is 1.36 bits per heavy atom. The predicted molar refractivity (Wildman–Crippen MR) is 131 cm³/mol. The molecule has 208 valence electrons. The van der Waals surface area contributed by atoms with Gasteiger partial charge < -0.3 is 33.5 Å². The lowest BCUT2D eigenvalue weighted by molar-refractivity contribution is -0.288. The van der Waals surface area contributed by atoms with Crippen LogP contribution in [0.15, 0.2) is 48.5 Å². The molecule has 1 aliphatic heterocycles. The van der Waals surface area contributed by atoms with Crippen LogP contribution in [-0.2, 0) is 42.9 Å². The molecule has 3 rings (SSSR count). The van der Waals surface area contributed by atoms with Crippen LogP contribution in [0.4, 0.5) is 0 Å². The molecule has 0 radical (unpaired) electrons. The van der Waals surface area contributed by atoms with Crippen molar-refractivity contribution in [3.63, 3.8) is 0 Å². The van der Waals surface area contributed by atoms with Crippen molar-refractivity contribution in [3.8, 4) is 11.5 Å². The van der Waals surface area contributed by atoms with Crippen molar-refractivity contribution >= 4 is 29.7 Å². The molecule has 0 spiro atoms. The number of carbonyl (C=O) groups excluding carboxylic acids is 5. The average molecular weight is 545 g/mol. The molecule has 5 atom stereocenters. The number of ketones is 1. The summed E-state index contributed by atoms with van der Waals surface area (Å²) < 4.78 is 32.8. The predicted octanol–water partition coefficient (Wildman–Crippen LogP) is 2.09. The maximum absolute atomic E-state index is 12.8. The van der Waals surface area contributed by atoms with Crippen LogP contribution in [0.1, 0.15) is 43.6 Å². The lowest BCUT2D eigenvalue weighted by Gasteiger charge is -2.43. The quantitative estimate of drug-likeness (QED) is 0.278. The highest BCUT2D eigenvalue weighted by Gasteiger charge is 2.53. The molecule has 39 heavy (non-hydrogen) atoms. The molecule has 12 nitrogen and oxygen atoms in total. The zero-order valence-electron chi connectivity index (χ0n) is 21.7. The highest BCUT2D eigenvalue weighted by Crippen LogP contribution is 2.33. The number of hydrogen-bond donors (Lipinski definition) is 1. The first-order valence-electron chi connectivity index (χ1n) is 11.9. The third kappa shape index (κ3) is 7.77. The lowest BCUT2D eigenvalue weighted by atomic mass is 9.98. The largest absolute Gasteiger partial charge is 0.507 e. The first-order chi connectivity index (χ1) is 18.5. The van der Waals surface area contributed by atoms with Crippen LogP contribution < -0.4 is 4.74 Å². The minimum absolute atomic E-state index is 0.00184. The number of ether oxygens (including phenoxy) is 6. The van der Waals surface area contributed by atoms with Crippen molar-refractivity contribution in [2.24, 2.45) is 0 Å². The molecule has 1 aliphatic rings. The molecule has 2 aromatic rings. The van der Waals surface area contributed by atoms with Crippen LogP contribution in [0.25, 0.3) is 0 Å². The Bertz CT molecular complexity index is 1220. The second kappa shape index (κ2) is 12.9. The molecule has 12 heteroatoms. The molecule has 2 aromatic carbocycles. The summed E-state index contributed by atoms with van der Waals surface area (Å²) in [6.07, 6.45) is -6.89. The normalized spacial score (nSPS) is 22.2. The molecular weight excluding hydrogens is 516 g/mol. The number of rotatable bonds is 9. The second-order valence-corrected chi connectivity index (χ2v) is 8.56. The third-order valence-electron chi connectivity index (χ3n) is 5.45. The van der Waals surface area contributed by atoms with E-state index in [1.165, 1.54) is 12.1 Å². The van der Waals surface area contributed by atoms with Crippen molar-refractivity contribution in [3.05, 3.63) is 59.7 Å². The van der Waals surface area contributed by atoms with Gasteiger partial charge >= 0.3 is 23.9 Å². The fraction of sp³-hybridized carbons (Fsp3) is 0.370. The number of carbonyl (C=O) groups is 5. The second-order valence-electron chi connectivity index (χ2n) is 8.56. The Hall–Kier alpha value is -4.45. The number of hydrogen-bond acceptors (Lipinski definition) is 12. The van der Waals surface area contributed by atoms with Crippen molar-refractivity contribution < 1.29 is 57.5 Å². The topological polar surface area (TPSA) is 161 Å². The Kier molecular flexibility index (Phi) is 9.61. The summed E-state index contributed by atoms with van der Waals surface area (Å²) in [6.45, 7) is 4.04. The Morgan fingerprint density at radius 1 is 0.769 bits per heavy atom. The number of phenolic OH excluding ortho intramolecular Hbond substituents is 1. The average Bonchev–Trinajstić information content (AvgIpc) is 2.86. The lowest BCUT2D eigenvalue weighted by Crippen LogP contribution is -2.63. The third-order valence-corrected chi connectivity index (χ3v) is 5.45. The van der Waals surface area contributed by atoms with Gasteiger partial charge in [-0.25, -0.2) is 0 Å². The number of esters is 4. The Morgan fingerprint density at radius 3 is 1.92 bits per heavy atom. The molecule has 1 saturated heterocycles. The van der Waals surface area contributed by atoms with Gasteiger partial charge in [-0.15, -0.1) is 0 Å². The van der Waals surface area contributed by atoms with Gasteiger partial charge in [-0.1, -0.05) is 30.3 Å². The summed E-state index contributed by atoms with van der Waals surface area (Å²) in [5, 5.41) is 10.6. The van der Waals surface area contributed by atoms with Gasteiger partial charge in [-0.05, 0) is 12.1 Å². The van der Waals surface area contributed by atoms with Gasteiger partial charge in [0, 0.05) is 39.3 Å². The summed E-state index contributed by atoms with van der Waals surface area (Å²) in [5.41, 5.74) is 0.371. The van der Waals surface area contributed by atoms with Crippen LogP contribution in [0.3, 0.4) is 0 Å². The van der Waals surface area contributed by atoms with E-state index >= 15 is 0 Å². The van der Waals surface area contributed by atoms with Gasteiger partial charge in [0.25, 0.3) is 0 Å². The molecule has 0 amide bonds. The van der Waals surface area contributed by atoms with Gasteiger partial charge in [0.15, 0.2) is 18.0 Å². The van der Waals surface area contributed by atoms with E-state index in [-0.39, 0.29) is 11.3 Å². The van der Waals surface area contributed by atoms with Crippen LogP contribution >= 0.6 is 0 Å². The number of aromatic hydroxyl groups is 1. The van der Waals surface area contributed by atoms with Crippen molar-refractivity contribution in [2.75, 3.05) is 6.61 Å². The minimum atomic E-state index is -1.49. The maximum atomic E-state index is 12.8. The zero-order chi connectivity index (χ0) is 28.7. The van der Waals surface area contributed by atoms with E-state index in [0.717, 1.165) is 33.8 Å². The van der Waals surface area contributed by atoms with Gasteiger partial charge in [0.2, 0.25) is 12.4 Å². The molecule has 0 unspecified atom stereocenters. The van der Waals surface area contributed by atoms with E-state index in [4.69, 9.17) is 28.4 Å². The SMILES string of the molecule is CC(=O)OC[C@H]1O[C@@H](Oc2ccc(C(=O)c3ccccc3)c(O)c2)[C@@H](OC(C)=O)[C@@H](OC(C)=O)[C@@H]1OC(C)=O. The summed E-state index contributed by atoms with van der Waals surface area (Å²) in [4.78, 5) is 59.9. The van der Waals surface area contributed by atoms with Gasteiger partial charge in [0.1, 0.15) is 24.2 Å². The van der Waals surface area contributed by atoms with E-state index in [0.29, 0.717) is 5.56 Å². The summed E-state index contributed by atoms with van der Waals surface area (Å²) >= 11 is 0. The fourth-order valence-corrected chi connectivity index (χ4v) is 3.94. The van der Waals surface area contributed by atoms with Crippen LogP contribution in [-0.4, -0.2) is 72.1 Å². The first-order valence-corrected chi connectivity index (χ1v) is 11.9. The minimum Gasteiger partial charge on any atom is -0.507 e. The van der Waals surface area contributed by atoms with Gasteiger partial charge in [0.05, 0.1) is 5.56 Å². The Balaban J connectivity index is 1.95. The van der Waals surface area contributed by atoms with Crippen LogP contribution in [0.2, 0.25) is 0 Å². The highest BCUT2D eigenvalue weighted by molar-refractivity contribution is 6.10. The van der Waals surface area contributed by atoms with E-state index < -0.39 is 72.7 Å². The number of phenols is 1. The smallest absolute Gasteiger partial charge is 0.303 e. The maximum Gasteiger partial charge on any atom is 0.303 e. The van der Waals surface area contributed by atoms with Crippen LogP contribution in [0, 0.1) is 0 Å². The molecule has 1 fully saturated rings. The number of benzene rings is 2. The van der Waals surface area contributed by atoms with E-state index in [1.807, 2.05) is 0 Å². The van der Waals surface area contributed by atoms with Crippen molar-refractivity contribution in [1.82, 2.24) is 0 Å². The molecule has 0 aliphatic carbocycles. The summed E-state index contributed by atoms with van der Waals surface area (Å²) in [5.74, 6) is -3.83. The Labute approximate surface area is 223 Å². The van der Waals surface area contributed by atoms with Crippen LogP contribution in [0.5, 0.6) is 11.5 Å². The zero-order valence-corrected chi connectivity index (χ0v) is 21.7. The molecule has 1 heterocycles. The molecule has 0 bridgehead atoms. The standard InChI is InChI=1S/C27H28O12/c1-14(28)34-13-22-24(35-15(2)29)25(36-16(3)30)26(37-17(4)31)27(39-22)38-19-10-11-20(21(32)12-19)23(33)18-8-6-5-7-9-18/h5-12,22,24-27,32H,13H2,1-4H3/t22-,24-,25+,26+,27-/m1/s1. The van der Waals surface area contributed by atoms with Gasteiger partial charge in [-0.3, -0.25) is 24.0 Å². The van der Waals surface area contributed by atoms with Crippen molar-refractivity contribution in [1.29, 1.82) is 0 Å². The first kappa shape index (κ1) is 29.1. The molecule has 0 aromatic heterocycles. The monoisotopic (exact) mass is 544 g/mol. The van der Waals surface area contributed by atoms with Crippen molar-refractivity contribution in [2.45, 2.75) is 58.4 Å². The summed E-state index contributed by atoms with van der Waals surface area (Å²) in [7, 11) is 0. The summed E-state index contributed by atoms with van der Waals surface area (Å²) in [6, 6.07) is 12.2. The van der Waals surface area contributed by atoms with Gasteiger partial charge in [-0.2, -0.15) is 0 Å². The van der Waals surface area contributed by atoms with E-state index in [1.54, 1.807) is 30.3 Å². The molecular formula is C27H28O12. The van der Waals surface area contributed by atoms with E-state index in [9.17, 15) is 29.1 Å². The fourth-order valence-electron chi connectivity index (χ4n) is 3.94. The molecule has 0 saturated carbocycles.